The van der Waals surface area contributed by atoms with Gasteiger partial charge in [0.1, 0.15) is 31.6 Å². The molecule has 2 aromatic carbocycles. The number of nitrogens with zero attached hydrogens (tertiary/aromatic N) is 1. The molecule has 0 unspecified atom stereocenters. The molecule has 2 aromatic rings. The quantitative estimate of drug-likeness (QED) is 0.0603. The molecule has 0 aliphatic heterocycles. The van der Waals surface area contributed by atoms with Crippen LogP contribution in [-0.2, 0) is 32.4 Å². The van der Waals surface area contributed by atoms with Gasteiger partial charge in [-0.2, -0.15) is 0 Å². The monoisotopic (exact) mass is 648 g/mol. The minimum atomic E-state index is -0.898. The molecule has 1 saturated carbocycles. The third kappa shape index (κ3) is 13.7. The van der Waals surface area contributed by atoms with Crippen LogP contribution in [-0.4, -0.2) is 74.5 Å². The molecule has 1 fully saturated rings. The van der Waals surface area contributed by atoms with E-state index in [0.717, 1.165) is 0 Å². The first-order valence-corrected chi connectivity index (χ1v) is 15.0. The summed E-state index contributed by atoms with van der Waals surface area (Å²) >= 11 is 5.94. The van der Waals surface area contributed by atoms with Gasteiger partial charge >= 0.3 is 5.97 Å². The SMILES string of the molecule is O=C(CCC/C=C\C[C@@H]1[C@@H](/C=C/[C@@H](O)COc2cccc(Cl)c2)[C@H](O)C[C@@H]1O)NCC(=O)OCc1ccc(CON(O)O)cc1. The molecule has 0 heterocycles. The number of halogens is 1. The molecular weight excluding hydrogens is 608 g/mol. The van der Waals surface area contributed by atoms with E-state index in [1.165, 1.54) is 0 Å². The van der Waals surface area contributed by atoms with Crippen molar-refractivity contribution in [1.29, 1.82) is 0 Å². The number of aliphatic hydroxyl groups is 3. The Morgan fingerprint density at radius 1 is 1.04 bits per heavy atom. The highest BCUT2D eigenvalue weighted by molar-refractivity contribution is 6.30. The summed E-state index contributed by atoms with van der Waals surface area (Å²) in [4.78, 5) is 28.6. The maximum absolute atomic E-state index is 12.1. The van der Waals surface area contributed by atoms with Gasteiger partial charge in [-0.15, -0.1) is 0 Å². The van der Waals surface area contributed by atoms with Crippen LogP contribution in [0, 0.1) is 11.8 Å². The predicted molar refractivity (Wildman–Crippen MR) is 163 cm³/mol. The maximum Gasteiger partial charge on any atom is 0.325 e. The number of rotatable bonds is 18. The first-order valence-electron chi connectivity index (χ1n) is 14.7. The van der Waals surface area contributed by atoms with Crippen molar-refractivity contribution in [3.8, 4) is 5.75 Å². The van der Waals surface area contributed by atoms with Gasteiger partial charge in [-0.05, 0) is 54.5 Å². The summed E-state index contributed by atoms with van der Waals surface area (Å²) < 4.78 is 10.7. The minimum absolute atomic E-state index is 0.0200. The van der Waals surface area contributed by atoms with E-state index in [1.54, 1.807) is 60.7 Å². The third-order valence-electron chi connectivity index (χ3n) is 7.24. The number of benzene rings is 2. The second-order valence-corrected chi connectivity index (χ2v) is 11.1. The van der Waals surface area contributed by atoms with E-state index in [1.807, 2.05) is 12.2 Å². The fourth-order valence-corrected chi connectivity index (χ4v) is 5.03. The standard InChI is InChI=1S/C32H41ClN2O10/c33-24-6-5-7-26(16-24)43-21-25(36)14-15-28-27(29(37)17-30(28)38)8-3-1-2-4-9-31(39)34-18-32(40)44-19-22-10-12-23(13-11-22)20-45-35(41)42/h1,3,5-7,10-16,25,27-30,36-38,41-42H,2,4,8-9,17-21H2,(H,34,39)/b3-1-,15-14+/t25-,27-,28-,29+,30-/m1/s1. The smallest absolute Gasteiger partial charge is 0.325 e. The number of amides is 1. The molecule has 45 heavy (non-hydrogen) atoms. The van der Waals surface area contributed by atoms with Gasteiger partial charge in [-0.3, -0.25) is 20.0 Å². The third-order valence-corrected chi connectivity index (χ3v) is 7.47. The molecule has 13 heteroatoms. The summed E-state index contributed by atoms with van der Waals surface area (Å²) in [7, 11) is 0. The molecule has 0 bridgehead atoms. The van der Waals surface area contributed by atoms with Gasteiger partial charge in [0.2, 0.25) is 5.91 Å². The number of carbonyl (C=O) groups is 2. The Morgan fingerprint density at radius 3 is 2.49 bits per heavy atom. The second kappa shape index (κ2) is 19.2. The van der Waals surface area contributed by atoms with Crippen LogP contribution in [0.1, 0.15) is 43.2 Å². The van der Waals surface area contributed by atoms with Crippen molar-refractivity contribution in [3.63, 3.8) is 0 Å². The van der Waals surface area contributed by atoms with E-state index in [0.29, 0.717) is 41.2 Å². The first kappa shape index (κ1) is 36.1. The molecular formula is C32H41ClN2O10. The molecule has 246 valence electrons. The zero-order valence-electron chi connectivity index (χ0n) is 24.8. The van der Waals surface area contributed by atoms with Crippen molar-refractivity contribution in [2.75, 3.05) is 13.2 Å². The number of nitrogens with one attached hydrogen (secondary N) is 1. The van der Waals surface area contributed by atoms with E-state index in [2.05, 4.69) is 10.2 Å². The number of ether oxygens (including phenoxy) is 2. The molecule has 0 aromatic heterocycles. The molecule has 1 amide bonds. The second-order valence-electron chi connectivity index (χ2n) is 10.7. The van der Waals surface area contributed by atoms with Gasteiger partial charge in [-0.1, -0.05) is 66.2 Å². The lowest BCUT2D eigenvalue weighted by Crippen LogP contribution is -2.30. The van der Waals surface area contributed by atoms with Gasteiger partial charge in [0, 0.05) is 23.8 Å². The average Bonchev–Trinajstić information content (AvgIpc) is 3.29. The number of carbonyl (C=O) groups excluding carboxylic acids is 2. The van der Waals surface area contributed by atoms with E-state index in [4.69, 9.17) is 31.5 Å². The first-order chi connectivity index (χ1) is 21.6. The number of aliphatic hydroxyl groups excluding tert-OH is 3. The number of esters is 1. The molecule has 1 aliphatic carbocycles. The zero-order chi connectivity index (χ0) is 32.6. The highest BCUT2D eigenvalue weighted by atomic mass is 35.5. The van der Waals surface area contributed by atoms with Crippen LogP contribution < -0.4 is 10.1 Å². The summed E-state index contributed by atoms with van der Waals surface area (Å²) in [6.45, 7) is -0.251. The molecule has 0 saturated heterocycles. The Kier molecular flexibility index (Phi) is 15.5. The van der Waals surface area contributed by atoms with E-state index >= 15 is 0 Å². The minimum Gasteiger partial charge on any atom is -0.491 e. The number of unbranched alkanes of at least 4 members (excludes halogenated alkanes) is 1. The molecule has 6 N–H and O–H groups in total. The van der Waals surface area contributed by atoms with Crippen LogP contribution in [0.25, 0.3) is 0 Å². The van der Waals surface area contributed by atoms with Crippen LogP contribution in [0.5, 0.6) is 5.75 Å². The van der Waals surface area contributed by atoms with Gasteiger partial charge < -0.3 is 30.1 Å². The summed E-state index contributed by atoms with van der Waals surface area (Å²) in [6, 6.07) is 13.6. The summed E-state index contributed by atoms with van der Waals surface area (Å²) in [6.07, 6.45) is 7.06. The fourth-order valence-electron chi connectivity index (χ4n) is 4.85. The van der Waals surface area contributed by atoms with Crippen molar-refractivity contribution in [1.82, 2.24) is 10.7 Å². The lowest BCUT2D eigenvalue weighted by atomic mass is 9.89. The Balaban J connectivity index is 1.29. The van der Waals surface area contributed by atoms with Gasteiger partial charge in [0.05, 0.1) is 24.2 Å². The lowest BCUT2D eigenvalue weighted by molar-refractivity contribution is -0.497. The Labute approximate surface area is 267 Å². The Bertz CT molecular complexity index is 1260. The largest absolute Gasteiger partial charge is 0.491 e. The molecule has 3 rings (SSSR count). The van der Waals surface area contributed by atoms with Crippen molar-refractivity contribution >= 4 is 23.5 Å². The highest BCUT2D eigenvalue weighted by Crippen LogP contribution is 2.36. The maximum atomic E-state index is 12.1. The van der Waals surface area contributed by atoms with Crippen molar-refractivity contribution < 1.29 is 49.6 Å². The summed E-state index contributed by atoms with van der Waals surface area (Å²) in [5, 5.41) is 51.0. The van der Waals surface area contributed by atoms with E-state index < -0.39 is 24.3 Å². The van der Waals surface area contributed by atoms with Crippen molar-refractivity contribution in [3.05, 3.63) is 89.0 Å². The van der Waals surface area contributed by atoms with Crippen LogP contribution in [0.2, 0.25) is 5.02 Å². The Morgan fingerprint density at radius 2 is 1.78 bits per heavy atom. The predicted octanol–water partition coefficient (Wildman–Crippen LogP) is 3.48. The number of hydrogen-bond acceptors (Lipinski definition) is 11. The van der Waals surface area contributed by atoms with Crippen molar-refractivity contribution in [2.24, 2.45) is 11.8 Å². The van der Waals surface area contributed by atoms with E-state index in [-0.39, 0.29) is 62.3 Å². The fraction of sp³-hybridized carbons (Fsp3) is 0.438. The normalized spacial score (nSPS) is 20.6. The highest BCUT2D eigenvalue weighted by Gasteiger charge is 2.39. The molecule has 1 aliphatic rings. The van der Waals surface area contributed by atoms with Crippen LogP contribution >= 0.6 is 11.6 Å². The van der Waals surface area contributed by atoms with E-state index in [9.17, 15) is 24.9 Å². The molecule has 0 radical (unpaired) electrons. The van der Waals surface area contributed by atoms with Crippen molar-refractivity contribution in [2.45, 2.75) is 63.6 Å². The van der Waals surface area contributed by atoms with Gasteiger partial charge in [0.25, 0.3) is 0 Å². The number of allylic oxidation sites excluding steroid dienone is 2. The lowest BCUT2D eigenvalue weighted by Gasteiger charge is -2.19. The van der Waals surface area contributed by atoms with Gasteiger partial charge in [-0.25, -0.2) is 4.84 Å². The summed E-state index contributed by atoms with van der Waals surface area (Å²) in [5.41, 5.74) is 1.40. The Hall–Kier alpha value is -3.33. The molecule has 0 spiro atoms. The average molecular weight is 649 g/mol. The molecule has 5 atom stereocenters. The summed E-state index contributed by atoms with van der Waals surface area (Å²) in [5.74, 6) is -0.847. The zero-order valence-corrected chi connectivity index (χ0v) is 25.5. The van der Waals surface area contributed by atoms with Gasteiger partial charge in [0.15, 0.2) is 0 Å². The number of hydrogen-bond donors (Lipinski definition) is 6. The van der Waals surface area contributed by atoms with Crippen LogP contribution in [0.3, 0.4) is 0 Å². The van der Waals surface area contributed by atoms with Crippen LogP contribution in [0.15, 0.2) is 72.8 Å². The topological polar surface area (TPSA) is 178 Å². The molecule has 12 nitrogen and oxygen atoms in total. The van der Waals surface area contributed by atoms with Crippen LogP contribution in [0.4, 0.5) is 0 Å².